The van der Waals surface area contributed by atoms with Crippen LogP contribution in [-0.4, -0.2) is 24.1 Å². The summed E-state index contributed by atoms with van der Waals surface area (Å²) in [6.45, 7) is 0. The Balaban J connectivity index is 2.05. The van der Waals surface area contributed by atoms with Crippen molar-refractivity contribution >= 4 is 49.3 Å². The number of hydrogen-bond acceptors (Lipinski definition) is 5. The minimum atomic E-state index is -0.417. The number of aryl methyl sites for hydroxylation is 1. The van der Waals surface area contributed by atoms with Gasteiger partial charge in [0.15, 0.2) is 5.43 Å². The zero-order valence-electron chi connectivity index (χ0n) is 15.9. The van der Waals surface area contributed by atoms with Gasteiger partial charge in [-0.25, -0.2) is 0 Å². The van der Waals surface area contributed by atoms with E-state index in [0.717, 1.165) is 6.42 Å². The van der Waals surface area contributed by atoms with E-state index in [9.17, 15) is 20.0 Å². The van der Waals surface area contributed by atoms with E-state index in [1.54, 1.807) is 48.3 Å². The van der Waals surface area contributed by atoms with Crippen molar-refractivity contribution in [1.82, 2.24) is 4.57 Å². The Hall–Kier alpha value is -2.10. The third-order valence-corrected chi connectivity index (χ3v) is 6.41. The summed E-state index contributed by atoms with van der Waals surface area (Å²) in [5.74, 6) is 0.820. The molecule has 0 aliphatic heterocycles. The molecule has 3 rings (SSSR count). The second-order valence-electron chi connectivity index (χ2n) is 6.59. The maximum atomic E-state index is 13.2. The average molecular weight is 554 g/mol. The molecule has 0 spiro atoms. The fraction of sp³-hybridized carbons (Fsp3) is 0.190. The van der Waals surface area contributed by atoms with Gasteiger partial charge in [-0.15, -0.1) is 11.8 Å². The van der Waals surface area contributed by atoms with Crippen molar-refractivity contribution in [3.05, 3.63) is 75.2 Å². The van der Waals surface area contributed by atoms with E-state index in [4.69, 9.17) is 0 Å². The summed E-state index contributed by atoms with van der Waals surface area (Å²) in [5.41, 5.74) is 1.74. The van der Waals surface area contributed by atoms with Crippen LogP contribution in [0.4, 0.5) is 5.69 Å². The predicted octanol–water partition coefficient (Wildman–Crippen LogP) is 5.93. The van der Waals surface area contributed by atoms with Gasteiger partial charge in [-0.1, -0.05) is 50.1 Å². The Morgan fingerprint density at radius 3 is 2.30 bits per heavy atom. The van der Waals surface area contributed by atoms with E-state index in [2.05, 4.69) is 31.9 Å². The number of nitro benzene ring substituents is 1. The van der Waals surface area contributed by atoms with E-state index >= 15 is 0 Å². The number of nitro groups is 1. The van der Waals surface area contributed by atoms with Crippen molar-refractivity contribution < 1.29 is 10.0 Å². The predicted molar refractivity (Wildman–Crippen MR) is 128 cm³/mol. The van der Waals surface area contributed by atoms with Crippen molar-refractivity contribution in [2.45, 2.75) is 15.1 Å². The fourth-order valence-corrected chi connectivity index (χ4v) is 5.05. The van der Waals surface area contributed by atoms with E-state index in [-0.39, 0.29) is 20.6 Å². The van der Waals surface area contributed by atoms with Crippen molar-refractivity contribution in [3.63, 3.8) is 0 Å². The van der Waals surface area contributed by atoms with Crippen LogP contribution < -0.4 is 5.43 Å². The van der Waals surface area contributed by atoms with Gasteiger partial charge in [0.25, 0.3) is 5.69 Å². The molecule has 0 aliphatic carbocycles. The first-order chi connectivity index (χ1) is 14.3. The SMILES string of the molecule is Cn1cc(-c2ccc(O)cc2)c(=O)c(-c2ccc(SCCC(Br)Br)c([N+](=O)[O-])c2)c1. The quantitative estimate of drug-likeness (QED) is 0.169. The Labute approximate surface area is 194 Å². The normalized spacial score (nSPS) is 11.1. The van der Waals surface area contributed by atoms with Gasteiger partial charge >= 0.3 is 0 Å². The number of thioether (sulfide) groups is 1. The number of phenols is 1. The van der Waals surface area contributed by atoms with Crippen molar-refractivity contribution in [2.75, 3.05) is 5.75 Å². The lowest BCUT2D eigenvalue weighted by Crippen LogP contribution is -2.11. The Kier molecular flexibility index (Phi) is 7.38. The summed E-state index contributed by atoms with van der Waals surface area (Å²) in [6.07, 6.45) is 4.17. The molecule has 1 N–H and O–H groups in total. The molecule has 3 aromatic rings. The highest BCUT2D eigenvalue weighted by Gasteiger charge is 2.18. The molecule has 0 saturated carbocycles. The smallest absolute Gasteiger partial charge is 0.283 e. The van der Waals surface area contributed by atoms with Gasteiger partial charge in [0.05, 0.1) is 13.6 Å². The molecule has 0 bridgehead atoms. The number of halogens is 2. The lowest BCUT2D eigenvalue weighted by atomic mass is 10.0. The first kappa shape index (κ1) is 22.6. The third kappa shape index (κ3) is 5.33. The Morgan fingerprint density at radius 1 is 1.10 bits per heavy atom. The first-order valence-electron chi connectivity index (χ1n) is 8.95. The molecule has 30 heavy (non-hydrogen) atoms. The van der Waals surface area contributed by atoms with Crippen LogP contribution in [0, 0.1) is 10.1 Å². The third-order valence-electron chi connectivity index (χ3n) is 4.39. The number of phenolic OH excluding ortho intramolecular Hbond substituents is 1. The molecule has 0 saturated heterocycles. The molecule has 9 heteroatoms. The molecule has 1 aromatic heterocycles. The minimum Gasteiger partial charge on any atom is -0.508 e. The number of benzene rings is 2. The van der Waals surface area contributed by atoms with E-state index in [1.807, 2.05) is 0 Å². The van der Waals surface area contributed by atoms with Crippen LogP contribution in [-0.2, 0) is 7.05 Å². The van der Waals surface area contributed by atoms with Crippen molar-refractivity contribution in [3.8, 4) is 28.0 Å². The zero-order chi connectivity index (χ0) is 21.8. The number of rotatable bonds is 7. The average Bonchev–Trinajstić information content (AvgIpc) is 2.70. The molecule has 6 nitrogen and oxygen atoms in total. The molecular weight excluding hydrogens is 536 g/mol. The van der Waals surface area contributed by atoms with Gasteiger partial charge < -0.3 is 9.67 Å². The lowest BCUT2D eigenvalue weighted by Gasteiger charge is -2.10. The Morgan fingerprint density at radius 2 is 1.70 bits per heavy atom. The molecule has 156 valence electrons. The van der Waals surface area contributed by atoms with Crippen molar-refractivity contribution in [1.29, 1.82) is 0 Å². The van der Waals surface area contributed by atoms with Gasteiger partial charge in [-0.05, 0) is 35.7 Å². The van der Waals surface area contributed by atoms with Crippen LogP contribution in [0.25, 0.3) is 22.3 Å². The fourth-order valence-electron chi connectivity index (χ4n) is 2.97. The van der Waals surface area contributed by atoms with Crippen LogP contribution >= 0.6 is 43.6 Å². The summed E-state index contributed by atoms with van der Waals surface area (Å²) in [5, 5.41) is 21.1. The monoisotopic (exact) mass is 552 g/mol. The lowest BCUT2D eigenvalue weighted by molar-refractivity contribution is -0.387. The topological polar surface area (TPSA) is 85.4 Å². The standard InChI is InChI=1S/C21H18Br2N2O4S/c1-24-11-16(13-2-5-15(26)6-3-13)21(27)17(12-24)14-4-7-19(18(10-14)25(28)29)30-9-8-20(22)23/h2-7,10-12,20,26H,8-9H2,1H3. The highest BCUT2D eigenvalue weighted by molar-refractivity contribution is 9.24. The molecule has 0 aliphatic rings. The van der Waals surface area contributed by atoms with Crippen LogP contribution in [0.3, 0.4) is 0 Å². The summed E-state index contributed by atoms with van der Waals surface area (Å²) in [7, 11) is 1.79. The number of hydrogen-bond donors (Lipinski definition) is 1. The molecule has 0 atom stereocenters. The van der Waals surface area contributed by atoms with Gasteiger partial charge in [0.1, 0.15) is 5.75 Å². The van der Waals surface area contributed by atoms with Gasteiger partial charge in [0.2, 0.25) is 0 Å². The number of alkyl halides is 2. The molecule has 0 fully saturated rings. The van der Waals surface area contributed by atoms with Gasteiger partial charge in [-0.3, -0.25) is 14.9 Å². The number of aromatic hydroxyl groups is 1. The van der Waals surface area contributed by atoms with Gasteiger partial charge in [0, 0.05) is 42.4 Å². The maximum Gasteiger partial charge on any atom is 0.283 e. The summed E-state index contributed by atoms with van der Waals surface area (Å²) in [4.78, 5) is 24.9. The summed E-state index contributed by atoms with van der Waals surface area (Å²) in [6, 6.07) is 11.3. The second kappa shape index (κ2) is 9.80. The van der Waals surface area contributed by atoms with Gasteiger partial charge in [-0.2, -0.15) is 0 Å². The number of aromatic nitrogens is 1. The highest BCUT2D eigenvalue weighted by Crippen LogP contribution is 2.34. The molecule has 2 aromatic carbocycles. The minimum absolute atomic E-state index is 0.0183. The van der Waals surface area contributed by atoms with Crippen LogP contribution in [0.15, 0.2) is 64.5 Å². The Bertz CT molecular complexity index is 1130. The highest BCUT2D eigenvalue weighted by atomic mass is 79.9. The molecule has 0 radical (unpaired) electrons. The van der Waals surface area contributed by atoms with Crippen molar-refractivity contribution in [2.24, 2.45) is 7.05 Å². The van der Waals surface area contributed by atoms with Crippen LogP contribution in [0.2, 0.25) is 0 Å². The largest absolute Gasteiger partial charge is 0.508 e. The number of pyridine rings is 1. The summed E-state index contributed by atoms with van der Waals surface area (Å²) < 4.78 is 1.90. The number of nitrogens with zero attached hydrogens (tertiary/aromatic N) is 2. The van der Waals surface area contributed by atoms with Crippen LogP contribution in [0.5, 0.6) is 5.75 Å². The summed E-state index contributed by atoms with van der Waals surface area (Å²) >= 11 is 8.21. The van der Waals surface area contributed by atoms with E-state index in [0.29, 0.717) is 32.9 Å². The van der Waals surface area contributed by atoms with Crippen LogP contribution in [0.1, 0.15) is 6.42 Å². The van der Waals surface area contributed by atoms with E-state index < -0.39 is 4.92 Å². The molecule has 0 unspecified atom stereocenters. The van der Waals surface area contributed by atoms with E-state index in [1.165, 1.54) is 30.0 Å². The first-order valence-corrected chi connectivity index (χ1v) is 11.8. The molecule has 1 heterocycles. The second-order valence-corrected chi connectivity index (χ2v) is 11.2. The zero-order valence-corrected chi connectivity index (χ0v) is 19.9. The molecule has 0 amide bonds. The maximum absolute atomic E-state index is 13.2. The molecular formula is C21H18Br2N2O4S.